The van der Waals surface area contributed by atoms with E-state index in [-0.39, 0.29) is 22.3 Å². The van der Waals surface area contributed by atoms with Crippen LogP contribution in [-0.2, 0) is 19.1 Å². The minimum Gasteiger partial charge on any atom is -0.460 e. The van der Waals surface area contributed by atoms with Gasteiger partial charge in [-0.2, -0.15) is 26.3 Å². The summed E-state index contributed by atoms with van der Waals surface area (Å²) < 4.78 is 97.7. The Kier molecular flexibility index (Phi) is 9.76. The maximum atomic E-state index is 14.6. The van der Waals surface area contributed by atoms with Crippen molar-refractivity contribution < 1.29 is 69.5 Å². The van der Waals surface area contributed by atoms with Crippen molar-refractivity contribution in [3.63, 3.8) is 0 Å². The number of hydrogen-bond donors (Lipinski definition) is 1. The van der Waals surface area contributed by atoms with Crippen molar-refractivity contribution in [2.75, 3.05) is 26.3 Å². The van der Waals surface area contributed by atoms with Gasteiger partial charge in [0, 0.05) is 12.1 Å². The molecule has 3 aliphatic heterocycles. The number of carbonyl (C=O) groups is 6. The molecule has 20 heteroatoms. The molecule has 3 heterocycles. The number of rotatable bonds is 10. The molecule has 3 aliphatic rings. The summed E-state index contributed by atoms with van der Waals surface area (Å²) in [6.45, 7) is -3.37. The van der Waals surface area contributed by atoms with Crippen LogP contribution in [0, 0.1) is 10.1 Å². The molecular formula is C35H22F6N4O10. The first-order valence-electron chi connectivity index (χ1n) is 15.8. The maximum Gasteiger partial charge on any atom is 0.431 e. The number of allylic oxidation sites excluding steroid dienone is 2. The first-order valence-corrected chi connectivity index (χ1v) is 15.8. The lowest BCUT2D eigenvalue weighted by Crippen LogP contribution is -2.43. The molecule has 0 aliphatic carbocycles. The second-order valence-corrected chi connectivity index (χ2v) is 11.9. The van der Waals surface area contributed by atoms with E-state index in [9.17, 15) is 65.2 Å². The van der Waals surface area contributed by atoms with Gasteiger partial charge in [-0.1, -0.05) is 36.4 Å². The number of hydrogen-bond acceptors (Lipinski definition) is 11. The average Bonchev–Trinajstić information content (AvgIpc) is 3.53. The number of nitro groups is 1. The smallest absolute Gasteiger partial charge is 0.431 e. The number of non-ortho nitro benzene ring substituents is 1. The molecule has 0 spiro atoms. The zero-order valence-corrected chi connectivity index (χ0v) is 27.5. The predicted octanol–water partition coefficient (Wildman–Crippen LogP) is 4.59. The third-order valence-corrected chi connectivity index (χ3v) is 8.64. The van der Waals surface area contributed by atoms with Gasteiger partial charge in [-0.15, -0.1) is 0 Å². The number of alkyl halides is 6. The molecule has 3 aromatic rings. The molecule has 3 aromatic carbocycles. The maximum absolute atomic E-state index is 14.6. The number of benzene rings is 3. The summed E-state index contributed by atoms with van der Waals surface area (Å²) in [6.07, 6.45) is -11.6. The van der Waals surface area contributed by atoms with E-state index in [1.165, 1.54) is 48.5 Å². The Morgan fingerprint density at radius 1 is 0.655 bits per heavy atom. The van der Waals surface area contributed by atoms with Gasteiger partial charge in [0.2, 0.25) is 0 Å². The Bertz CT molecular complexity index is 2070. The van der Waals surface area contributed by atoms with Crippen LogP contribution in [0.4, 0.5) is 32.0 Å². The summed E-state index contributed by atoms with van der Waals surface area (Å²) >= 11 is 0. The van der Waals surface area contributed by atoms with Crippen LogP contribution in [0.5, 0.6) is 0 Å². The number of nitrogens with one attached hydrogen (secondary N) is 1. The van der Waals surface area contributed by atoms with E-state index in [0.29, 0.717) is 15.9 Å². The largest absolute Gasteiger partial charge is 0.460 e. The third kappa shape index (κ3) is 7.00. The number of ether oxygens (including phenoxy) is 2. The van der Waals surface area contributed by atoms with E-state index >= 15 is 0 Å². The second-order valence-electron chi connectivity index (χ2n) is 11.9. The summed E-state index contributed by atoms with van der Waals surface area (Å²) in [4.78, 5) is 90.0. The van der Waals surface area contributed by atoms with Crippen molar-refractivity contribution in [3.05, 3.63) is 133 Å². The van der Waals surface area contributed by atoms with Crippen molar-refractivity contribution in [2.45, 2.75) is 18.3 Å². The molecule has 0 saturated heterocycles. The molecule has 1 N–H and O–H groups in total. The number of amides is 4. The molecule has 0 bridgehead atoms. The fourth-order valence-corrected chi connectivity index (χ4v) is 6.23. The number of esters is 2. The molecule has 6 rings (SSSR count). The molecule has 0 unspecified atom stereocenters. The zero-order chi connectivity index (χ0) is 40.0. The number of carbonyl (C=O) groups excluding carboxylic acids is 6. The summed E-state index contributed by atoms with van der Waals surface area (Å²) in [5.41, 5.74) is -9.69. The minimum atomic E-state index is -5.78. The van der Waals surface area contributed by atoms with Gasteiger partial charge in [-0.3, -0.25) is 39.1 Å². The van der Waals surface area contributed by atoms with Gasteiger partial charge in [0.15, 0.2) is 0 Å². The highest BCUT2D eigenvalue weighted by Crippen LogP contribution is 2.47. The predicted molar refractivity (Wildman–Crippen MR) is 171 cm³/mol. The Morgan fingerprint density at radius 2 is 1.04 bits per heavy atom. The number of dihydropyridines is 1. The first-order chi connectivity index (χ1) is 25.9. The van der Waals surface area contributed by atoms with Crippen LogP contribution in [0.15, 0.2) is 95.3 Å². The Morgan fingerprint density at radius 3 is 1.38 bits per heavy atom. The number of nitro benzene ring substituents is 1. The van der Waals surface area contributed by atoms with Crippen LogP contribution >= 0.6 is 0 Å². The lowest BCUT2D eigenvalue weighted by Gasteiger charge is -2.33. The van der Waals surface area contributed by atoms with Crippen LogP contribution in [0.2, 0.25) is 0 Å². The fraction of sp³-hybridized carbons (Fsp3) is 0.200. The summed E-state index contributed by atoms with van der Waals surface area (Å²) in [5, 5.41) is 12.7. The van der Waals surface area contributed by atoms with Crippen molar-refractivity contribution in [1.82, 2.24) is 15.1 Å². The van der Waals surface area contributed by atoms with Gasteiger partial charge in [-0.25, -0.2) is 9.59 Å². The SMILES string of the molecule is O=C(OCCN1C(=O)c2ccccc2C1=O)C1=C(C(F)(F)F)NC(C(F)(F)F)=C(C(=O)OCCN2C(=O)c3ccccc3C2=O)C1c1cccc([N+](=O)[O-])c1. The monoisotopic (exact) mass is 772 g/mol. The highest BCUT2D eigenvalue weighted by molar-refractivity contribution is 6.22. The molecule has 0 saturated carbocycles. The van der Waals surface area contributed by atoms with Crippen molar-refractivity contribution in [2.24, 2.45) is 0 Å². The second kappa shape index (κ2) is 14.2. The number of imide groups is 2. The standard InChI is InChI=1S/C35H22F6N4O10/c36-34(37,38)26-24(32(50)54-14-12-43-28(46)19-8-1-2-9-20(19)29(43)47)23(17-6-5-7-18(16-17)45(52)53)25(27(42-26)35(39,40)41)33(51)55-15-13-44-30(48)21-10-3-4-11-22(21)31(44)49/h1-11,16,23,42H,12-15H2. The van der Waals surface area contributed by atoms with Crippen LogP contribution in [-0.4, -0.2) is 88.9 Å². The summed E-state index contributed by atoms with van der Waals surface area (Å²) in [6, 6.07) is 14.2. The fourth-order valence-electron chi connectivity index (χ4n) is 6.23. The van der Waals surface area contributed by atoms with E-state index in [4.69, 9.17) is 9.47 Å². The molecule has 0 atom stereocenters. The van der Waals surface area contributed by atoms with Crippen LogP contribution in [0.1, 0.15) is 52.9 Å². The topological polar surface area (TPSA) is 183 Å². The molecule has 4 amide bonds. The lowest BCUT2D eigenvalue weighted by molar-refractivity contribution is -0.384. The molecule has 0 aromatic heterocycles. The van der Waals surface area contributed by atoms with E-state index in [1.807, 2.05) is 0 Å². The van der Waals surface area contributed by atoms with E-state index < -0.39 is 119 Å². The quantitative estimate of drug-likeness (QED) is 0.100. The van der Waals surface area contributed by atoms with Gasteiger partial charge < -0.3 is 14.8 Å². The third-order valence-electron chi connectivity index (χ3n) is 8.64. The molecule has 14 nitrogen and oxygen atoms in total. The van der Waals surface area contributed by atoms with Gasteiger partial charge in [0.05, 0.1) is 57.3 Å². The van der Waals surface area contributed by atoms with Gasteiger partial charge >= 0.3 is 24.3 Å². The van der Waals surface area contributed by atoms with Crippen LogP contribution < -0.4 is 5.32 Å². The normalized spacial score (nSPS) is 16.0. The lowest BCUT2D eigenvalue weighted by atomic mass is 9.79. The molecule has 0 radical (unpaired) electrons. The first kappa shape index (κ1) is 37.9. The van der Waals surface area contributed by atoms with Crippen molar-refractivity contribution >= 4 is 41.3 Å². The van der Waals surface area contributed by atoms with Gasteiger partial charge in [0.25, 0.3) is 29.3 Å². The van der Waals surface area contributed by atoms with E-state index in [0.717, 1.165) is 23.5 Å². The summed E-state index contributed by atoms with van der Waals surface area (Å²) in [7, 11) is 0. The van der Waals surface area contributed by atoms with E-state index in [2.05, 4.69) is 0 Å². The summed E-state index contributed by atoms with van der Waals surface area (Å²) in [5.74, 6) is -9.98. The van der Waals surface area contributed by atoms with E-state index in [1.54, 1.807) is 0 Å². The van der Waals surface area contributed by atoms with Gasteiger partial charge in [-0.05, 0) is 29.8 Å². The highest BCUT2D eigenvalue weighted by atomic mass is 19.4. The molecule has 55 heavy (non-hydrogen) atoms. The Labute approximate surface area is 303 Å². The van der Waals surface area contributed by atoms with Gasteiger partial charge in [0.1, 0.15) is 24.6 Å². The zero-order valence-electron chi connectivity index (χ0n) is 27.5. The van der Waals surface area contributed by atoms with Crippen LogP contribution in [0.3, 0.4) is 0 Å². The Hall–Kier alpha value is -6.86. The number of halogens is 6. The Balaban J connectivity index is 1.35. The average molecular weight is 773 g/mol. The number of fused-ring (bicyclic) bond motifs is 2. The highest BCUT2D eigenvalue weighted by Gasteiger charge is 2.53. The molecular weight excluding hydrogens is 750 g/mol. The number of nitrogens with zero attached hydrogens (tertiary/aromatic N) is 3. The van der Waals surface area contributed by atoms with Crippen LogP contribution in [0.25, 0.3) is 0 Å². The van der Waals surface area contributed by atoms with Crippen molar-refractivity contribution in [3.8, 4) is 0 Å². The molecule has 0 fully saturated rings. The van der Waals surface area contributed by atoms with Crippen molar-refractivity contribution in [1.29, 1.82) is 0 Å². The molecule has 284 valence electrons. The minimum absolute atomic E-state index is 0.0147.